The van der Waals surface area contributed by atoms with E-state index in [1.54, 1.807) is 24.3 Å². The smallest absolute Gasteiger partial charge is 0.363 e. The Morgan fingerprint density at radius 3 is 2.07 bits per heavy atom. The number of fused-ring (bicyclic) bond motifs is 1. The van der Waals surface area contributed by atoms with Gasteiger partial charge in [0.15, 0.2) is 11.5 Å². The number of hydrogen-bond donors (Lipinski definition) is 0. The molecule has 0 radical (unpaired) electrons. The SMILES string of the molecule is O=C(c1ccc(F)cc1)c1ccc(OC(=O)c2cnc3ccccc3n2)cc1. The van der Waals surface area contributed by atoms with Crippen molar-refractivity contribution < 1.29 is 18.7 Å². The van der Waals surface area contributed by atoms with Crippen molar-refractivity contribution in [3.8, 4) is 5.75 Å². The Morgan fingerprint density at radius 2 is 1.39 bits per heavy atom. The van der Waals surface area contributed by atoms with Gasteiger partial charge in [0.25, 0.3) is 0 Å². The van der Waals surface area contributed by atoms with E-state index in [2.05, 4.69) is 9.97 Å². The number of ether oxygens (including phenoxy) is 1. The van der Waals surface area contributed by atoms with Crippen molar-refractivity contribution in [2.45, 2.75) is 0 Å². The van der Waals surface area contributed by atoms with Gasteiger partial charge in [0.2, 0.25) is 0 Å². The molecule has 4 rings (SSSR count). The standard InChI is InChI=1S/C22H13FN2O3/c23-16-9-5-14(6-10-16)21(26)15-7-11-17(12-8-15)28-22(27)20-13-24-18-3-1-2-4-19(18)25-20/h1-13H. The summed E-state index contributed by atoms with van der Waals surface area (Å²) in [4.78, 5) is 33.1. The maximum Gasteiger partial charge on any atom is 0.363 e. The van der Waals surface area contributed by atoms with Gasteiger partial charge in [-0.3, -0.25) is 9.78 Å². The summed E-state index contributed by atoms with van der Waals surface area (Å²) in [5.41, 5.74) is 2.14. The van der Waals surface area contributed by atoms with Gasteiger partial charge in [-0.2, -0.15) is 0 Å². The predicted molar refractivity (Wildman–Crippen MR) is 101 cm³/mol. The van der Waals surface area contributed by atoms with Gasteiger partial charge in [0.05, 0.1) is 17.2 Å². The molecule has 0 aliphatic heterocycles. The molecule has 5 nitrogen and oxygen atoms in total. The topological polar surface area (TPSA) is 69.2 Å². The van der Waals surface area contributed by atoms with E-state index in [-0.39, 0.29) is 17.2 Å². The number of para-hydroxylation sites is 2. The molecule has 0 saturated carbocycles. The van der Waals surface area contributed by atoms with Gasteiger partial charge in [-0.25, -0.2) is 14.2 Å². The highest BCUT2D eigenvalue weighted by atomic mass is 19.1. The molecule has 28 heavy (non-hydrogen) atoms. The van der Waals surface area contributed by atoms with E-state index in [1.165, 1.54) is 42.6 Å². The van der Waals surface area contributed by atoms with Crippen LogP contribution in [0, 0.1) is 5.82 Å². The van der Waals surface area contributed by atoms with E-state index >= 15 is 0 Å². The van der Waals surface area contributed by atoms with E-state index < -0.39 is 11.8 Å². The minimum Gasteiger partial charge on any atom is -0.422 e. The molecule has 0 saturated heterocycles. The first-order valence-electron chi connectivity index (χ1n) is 8.44. The van der Waals surface area contributed by atoms with Crippen LogP contribution in [0.2, 0.25) is 0 Å². The van der Waals surface area contributed by atoms with Crippen LogP contribution in [0.3, 0.4) is 0 Å². The van der Waals surface area contributed by atoms with E-state index in [0.717, 1.165) is 0 Å². The fourth-order valence-electron chi connectivity index (χ4n) is 2.66. The van der Waals surface area contributed by atoms with Crippen molar-refractivity contribution in [1.82, 2.24) is 9.97 Å². The van der Waals surface area contributed by atoms with Gasteiger partial charge < -0.3 is 4.74 Å². The second-order valence-electron chi connectivity index (χ2n) is 5.99. The number of ketones is 1. The van der Waals surface area contributed by atoms with E-state index in [1.807, 2.05) is 12.1 Å². The van der Waals surface area contributed by atoms with Gasteiger partial charge in [-0.15, -0.1) is 0 Å². The fourth-order valence-corrected chi connectivity index (χ4v) is 2.66. The van der Waals surface area contributed by atoms with Crippen molar-refractivity contribution in [3.63, 3.8) is 0 Å². The maximum atomic E-state index is 13.0. The summed E-state index contributed by atoms with van der Waals surface area (Å²) >= 11 is 0. The number of aromatic nitrogens is 2. The Kier molecular flexibility index (Phi) is 4.60. The Hall–Kier alpha value is -3.93. The van der Waals surface area contributed by atoms with Gasteiger partial charge in [-0.1, -0.05) is 12.1 Å². The largest absolute Gasteiger partial charge is 0.422 e. The summed E-state index contributed by atoms with van der Waals surface area (Å²) in [5.74, 6) is -1.03. The summed E-state index contributed by atoms with van der Waals surface area (Å²) in [6.45, 7) is 0. The molecule has 136 valence electrons. The Labute approximate surface area is 159 Å². The molecule has 0 fully saturated rings. The van der Waals surface area contributed by atoms with Crippen LogP contribution in [0.4, 0.5) is 4.39 Å². The Morgan fingerprint density at radius 1 is 0.786 bits per heavy atom. The zero-order valence-corrected chi connectivity index (χ0v) is 14.5. The zero-order valence-electron chi connectivity index (χ0n) is 14.5. The fraction of sp³-hybridized carbons (Fsp3) is 0. The van der Waals surface area contributed by atoms with Crippen molar-refractivity contribution in [3.05, 3.63) is 102 Å². The molecule has 1 heterocycles. The van der Waals surface area contributed by atoms with E-state index in [9.17, 15) is 14.0 Å². The summed E-state index contributed by atoms with van der Waals surface area (Å²) in [6.07, 6.45) is 1.36. The lowest BCUT2D eigenvalue weighted by molar-refractivity contribution is 0.0728. The van der Waals surface area contributed by atoms with Crippen LogP contribution in [0.25, 0.3) is 11.0 Å². The maximum absolute atomic E-state index is 13.0. The molecule has 6 heteroatoms. The molecule has 0 amide bonds. The number of esters is 1. The quantitative estimate of drug-likeness (QED) is 0.305. The summed E-state index contributed by atoms with van der Waals surface area (Å²) < 4.78 is 18.3. The van der Waals surface area contributed by atoms with Crippen LogP contribution in [0.5, 0.6) is 5.75 Å². The number of nitrogens with zero attached hydrogens (tertiary/aromatic N) is 2. The predicted octanol–water partition coefficient (Wildman–Crippen LogP) is 4.22. The van der Waals surface area contributed by atoms with Gasteiger partial charge in [-0.05, 0) is 60.7 Å². The molecular weight excluding hydrogens is 359 g/mol. The molecule has 1 aromatic heterocycles. The first kappa shape index (κ1) is 17.5. The van der Waals surface area contributed by atoms with Crippen LogP contribution in [-0.4, -0.2) is 21.7 Å². The first-order valence-corrected chi connectivity index (χ1v) is 8.44. The number of benzene rings is 3. The highest BCUT2D eigenvalue weighted by Crippen LogP contribution is 2.17. The van der Waals surface area contributed by atoms with Gasteiger partial charge in [0, 0.05) is 11.1 Å². The highest BCUT2D eigenvalue weighted by molar-refractivity contribution is 6.09. The molecule has 0 atom stereocenters. The number of carbonyl (C=O) groups is 2. The lowest BCUT2D eigenvalue weighted by Crippen LogP contribution is -2.11. The third kappa shape index (κ3) is 3.61. The van der Waals surface area contributed by atoms with Crippen molar-refractivity contribution in [2.24, 2.45) is 0 Å². The molecule has 3 aromatic carbocycles. The normalized spacial score (nSPS) is 10.6. The van der Waals surface area contributed by atoms with Crippen molar-refractivity contribution in [2.75, 3.05) is 0 Å². The van der Waals surface area contributed by atoms with Crippen LogP contribution >= 0.6 is 0 Å². The number of halogens is 1. The summed E-state index contributed by atoms with van der Waals surface area (Å²) in [7, 11) is 0. The molecule has 0 N–H and O–H groups in total. The Balaban J connectivity index is 1.49. The first-order chi connectivity index (χ1) is 13.6. The minimum absolute atomic E-state index is 0.0881. The van der Waals surface area contributed by atoms with Gasteiger partial charge >= 0.3 is 5.97 Å². The average molecular weight is 372 g/mol. The molecule has 0 unspecified atom stereocenters. The second-order valence-corrected chi connectivity index (χ2v) is 5.99. The van der Waals surface area contributed by atoms with Crippen LogP contribution < -0.4 is 4.74 Å². The van der Waals surface area contributed by atoms with Crippen LogP contribution in [-0.2, 0) is 0 Å². The summed E-state index contributed by atoms with van der Waals surface area (Å²) in [6, 6.07) is 18.6. The number of carbonyl (C=O) groups excluding carboxylic acids is 2. The lowest BCUT2D eigenvalue weighted by Gasteiger charge is -2.06. The number of hydrogen-bond acceptors (Lipinski definition) is 5. The number of rotatable bonds is 4. The van der Waals surface area contributed by atoms with Crippen LogP contribution in [0.15, 0.2) is 79.0 Å². The molecule has 0 spiro atoms. The second kappa shape index (κ2) is 7.36. The van der Waals surface area contributed by atoms with Crippen LogP contribution in [0.1, 0.15) is 26.4 Å². The van der Waals surface area contributed by atoms with Crippen molar-refractivity contribution >= 4 is 22.8 Å². The molecular formula is C22H13FN2O3. The van der Waals surface area contributed by atoms with E-state index in [0.29, 0.717) is 22.2 Å². The van der Waals surface area contributed by atoms with Crippen molar-refractivity contribution in [1.29, 1.82) is 0 Å². The molecule has 0 bridgehead atoms. The summed E-state index contributed by atoms with van der Waals surface area (Å²) in [5, 5.41) is 0. The molecule has 0 aliphatic rings. The minimum atomic E-state index is -0.643. The lowest BCUT2D eigenvalue weighted by atomic mass is 10.0. The third-order valence-electron chi connectivity index (χ3n) is 4.09. The molecule has 4 aromatic rings. The third-order valence-corrected chi connectivity index (χ3v) is 4.09. The molecule has 0 aliphatic carbocycles. The van der Waals surface area contributed by atoms with Gasteiger partial charge in [0.1, 0.15) is 11.6 Å². The van der Waals surface area contributed by atoms with E-state index in [4.69, 9.17) is 4.74 Å². The average Bonchev–Trinajstić information content (AvgIpc) is 2.74. The highest BCUT2D eigenvalue weighted by Gasteiger charge is 2.13. The Bertz CT molecular complexity index is 1170. The monoisotopic (exact) mass is 372 g/mol. The zero-order chi connectivity index (χ0) is 19.5.